The fraction of sp³-hybridized carbons (Fsp3) is 0.500. The monoisotopic (exact) mass is 311 g/mol. The minimum Gasteiger partial charge on any atom is -0.380 e. The van der Waals surface area contributed by atoms with Gasteiger partial charge in [-0.1, -0.05) is 13.8 Å². The van der Waals surface area contributed by atoms with Gasteiger partial charge >= 0.3 is 0 Å². The van der Waals surface area contributed by atoms with E-state index in [0.29, 0.717) is 29.6 Å². The largest absolute Gasteiger partial charge is 0.380 e. The van der Waals surface area contributed by atoms with Crippen LogP contribution in [-0.2, 0) is 0 Å². The molecule has 0 aliphatic rings. The van der Waals surface area contributed by atoms with Crippen LogP contribution in [0.1, 0.15) is 30.6 Å². The Hall–Kier alpha value is -1.76. The molecule has 1 rings (SSSR count). The van der Waals surface area contributed by atoms with Gasteiger partial charge in [0.05, 0.1) is 4.92 Å². The highest BCUT2D eigenvalue weighted by Gasteiger charge is 2.17. The number of nitro groups is 1. The Kier molecular flexibility index (Phi) is 7.01. The molecule has 0 aromatic heterocycles. The lowest BCUT2D eigenvalue weighted by molar-refractivity contribution is -0.384. The van der Waals surface area contributed by atoms with Gasteiger partial charge in [-0.25, -0.2) is 0 Å². The Morgan fingerprint density at radius 2 is 2.19 bits per heavy atom. The first-order valence-electron chi connectivity index (χ1n) is 6.82. The van der Waals surface area contributed by atoms with E-state index in [4.69, 9.17) is 0 Å². The van der Waals surface area contributed by atoms with Gasteiger partial charge in [-0.2, -0.15) is 11.8 Å². The number of amides is 1. The van der Waals surface area contributed by atoms with Crippen LogP contribution >= 0.6 is 11.8 Å². The van der Waals surface area contributed by atoms with Gasteiger partial charge in [0, 0.05) is 30.0 Å². The van der Waals surface area contributed by atoms with Gasteiger partial charge in [0.15, 0.2) is 0 Å². The molecule has 0 fully saturated rings. The minimum absolute atomic E-state index is 0.0750. The first kappa shape index (κ1) is 17.3. The molecular weight excluding hydrogens is 290 g/mol. The lowest BCUT2D eigenvalue weighted by Gasteiger charge is -2.11. The van der Waals surface area contributed by atoms with Crippen LogP contribution in [-0.4, -0.2) is 35.4 Å². The number of anilines is 1. The Morgan fingerprint density at radius 1 is 1.48 bits per heavy atom. The summed E-state index contributed by atoms with van der Waals surface area (Å²) >= 11 is 1.65. The van der Waals surface area contributed by atoms with Crippen molar-refractivity contribution >= 4 is 29.0 Å². The Morgan fingerprint density at radius 3 is 2.76 bits per heavy atom. The molecule has 1 amide bonds. The van der Waals surface area contributed by atoms with Crippen LogP contribution in [0.25, 0.3) is 0 Å². The molecule has 21 heavy (non-hydrogen) atoms. The number of benzene rings is 1. The zero-order valence-electron chi connectivity index (χ0n) is 12.5. The molecule has 0 heterocycles. The minimum atomic E-state index is -0.473. The van der Waals surface area contributed by atoms with Crippen molar-refractivity contribution in [2.24, 2.45) is 0 Å². The normalized spacial score (nSPS) is 11.8. The average molecular weight is 311 g/mol. The maximum Gasteiger partial charge on any atom is 0.293 e. The molecule has 1 aromatic rings. The predicted octanol–water partition coefficient (Wildman–Crippen LogP) is 2.90. The third-order valence-corrected chi connectivity index (χ3v) is 3.95. The van der Waals surface area contributed by atoms with E-state index in [1.54, 1.807) is 23.9 Å². The molecule has 6 nitrogen and oxygen atoms in total. The first-order chi connectivity index (χ1) is 9.99. The number of nitro benzene ring substituents is 1. The van der Waals surface area contributed by atoms with E-state index in [-0.39, 0.29) is 11.6 Å². The van der Waals surface area contributed by atoms with Gasteiger partial charge in [-0.05, 0) is 24.8 Å². The highest BCUT2D eigenvalue weighted by atomic mass is 32.2. The summed E-state index contributed by atoms with van der Waals surface area (Å²) in [6, 6.07) is 4.50. The molecule has 1 atom stereocenters. The van der Waals surface area contributed by atoms with Gasteiger partial charge in [-0.3, -0.25) is 14.9 Å². The van der Waals surface area contributed by atoms with Crippen molar-refractivity contribution in [3.63, 3.8) is 0 Å². The van der Waals surface area contributed by atoms with Crippen molar-refractivity contribution in [1.29, 1.82) is 0 Å². The van der Waals surface area contributed by atoms with E-state index in [2.05, 4.69) is 10.6 Å². The molecule has 0 aliphatic heterocycles. The van der Waals surface area contributed by atoms with Crippen LogP contribution in [0.2, 0.25) is 0 Å². The zero-order chi connectivity index (χ0) is 15.8. The highest BCUT2D eigenvalue weighted by Crippen LogP contribution is 2.25. The predicted molar refractivity (Wildman–Crippen MR) is 87.2 cm³/mol. The van der Waals surface area contributed by atoms with Gasteiger partial charge in [0.2, 0.25) is 0 Å². The summed E-state index contributed by atoms with van der Waals surface area (Å²) in [7, 11) is 0. The van der Waals surface area contributed by atoms with Crippen LogP contribution in [0.5, 0.6) is 0 Å². The van der Waals surface area contributed by atoms with Gasteiger partial charge in [-0.15, -0.1) is 0 Å². The fourth-order valence-corrected chi connectivity index (χ4v) is 1.90. The quantitative estimate of drug-likeness (QED) is 0.569. The Labute approximate surface area is 128 Å². The summed E-state index contributed by atoms with van der Waals surface area (Å²) in [5, 5.41) is 17.2. The van der Waals surface area contributed by atoms with Crippen molar-refractivity contribution in [2.45, 2.75) is 25.5 Å². The van der Waals surface area contributed by atoms with E-state index in [0.717, 1.165) is 6.42 Å². The molecule has 7 heteroatoms. The third-order valence-electron chi connectivity index (χ3n) is 2.97. The van der Waals surface area contributed by atoms with Crippen molar-refractivity contribution in [3.05, 3.63) is 33.9 Å². The van der Waals surface area contributed by atoms with E-state index in [1.165, 1.54) is 6.07 Å². The zero-order valence-corrected chi connectivity index (χ0v) is 13.3. The molecule has 0 spiro atoms. The molecule has 116 valence electrons. The number of nitrogens with zero attached hydrogens (tertiary/aromatic N) is 1. The van der Waals surface area contributed by atoms with Crippen LogP contribution < -0.4 is 10.6 Å². The molecule has 0 radical (unpaired) electrons. The summed E-state index contributed by atoms with van der Waals surface area (Å²) in [5.41, 5.74) is 0.668. The number of hydrogen-bond acceptors (Lipinski definition) is 5. The van der Waals surface area contributed by atoms with Crippen molar-refractivity contribution in [1.82, 2.24) is 5.32 Å². The maximum absolute atomic E-state index is 12.0. The maximum atomic E-state index is 12.0. The molecule has 0 aliphatic carbocycles. The lowest BCUT2D eigenvalue weighted by atomic mass is 10.1. The van der Waals surface area contributed by atoms with Gasteiger partial charge in [0.25, 0.3) is 11.6 Å². The first-order valence-corrected chi connectivity index (χ1v) is 8.11. The second kappa shape index (κ2) is 8.51. The summed E-state index contributed by atoms with van der Waals surface area (Å²) in [4.78, 5) is 22.6. The van der Waals surface area contributed by atoms with Crippen LogP contribution in [0.4, 0.5) is 11.4 Å². The Bertz CT molecular complexity index is 508. The molecule has 0 saturated carbocycles. The summed E-state index contributed by atoms with van der Waals surface area (Å²) in [5.74, 6) is -0.291. The third kappa shape index (κ3) is 5.26. The standard InChI is InChI=1S/C14H21N3O3S/c1-4-7-15-12-6-5-11(8-13(12)17(19)20)14(18)16-9-10(2)21-3/h5-6,8,10,15H,4,7,9H2,1-3H3,(H,16,18). The molecular formula is C14H21N3O3S. The number of carbonyl (C=O) groups excluding carboxylic acids is 1. The number of nitrogens with one attached hydrogen (secondary N) is 2. The molecule has 1 aromatic carbocycles. The van der Waals surface area contributed by atoms with E-state index < -0.39 is 4.92 Å². The van der Waals surface area contributed by atoms with E-state index >= 15 is 0 Å². The average Bonchev–Trinajstić information content (AvgIpc) is 2.49. The van der Waals surface area contributed by atoms with Crippen molar-refractivity contribution in [3.8, 4) is 0 Å². The smallest absolute Gasteiger partial charge is 0.293 e. The summed E-state index contributed by atoms with van der Waals surface area (Å²) in [6.45, 7) is 5.17. The van der Waals surface area contributed by atoms with Crippen LogP contribution in [0.3, 0.4) is 0 Å². The lowest BCUT2D eigenvalue weighted by Crippen LogP contribution is -2.29. The number of rotatable bonds is 8. The van der Waals surface area contributed by atoms with Crippen LogP contribution in [0, 0.1) is 10.1 Å². The van der Waals surface area contributed by atoms with E-state index in [1.807, 2.05) is 20.1 Å². The summed E-state index contributed by atoms with van der Waals surface area (Å²) < 4.78 is 0. The Balaban J connectivity index is 2.86. The van der Waals surface area contributed by atoms with Crippen molar-refractivity contribution < 1.29 is 9.72 Å². The number of thioether (sulfide) groups is 1. The highest BCUT2D eigenvalue weighted by molar-refractivity contribution is 7.99. The second-order valence-corrected chi connectivity index (χ2v) is 5.95. The molecule has 0 saturated heterocycles. The van der Waals surface area contributed by atoms with Crippen molar-refractivity contribution in [2.75, 3.05) is 24.7 Å². The topological polar surface area (TPSA) is 84.3 Å². The fourth-order valence-electron chi connectivity index (χ4n) is 1.65. The second-order valence-electron chi connectivity index (χ2n) is 4.67. The SMILES string of the molecule is CCCNc1ccc(C(=O)NCC(C)SC)cc1[N+](=O)[O-]. The van der Waals surface area contributed by atoms with Crippen LogP contribution in [0.15, 0.2) is 18.2 Å². The van der Waals surface area contributed by atoms with Gasteiger partial charge in [0.1, 0.15) is 5.69 Å². The molecule has 2 N–H and O–H groups in total. The molecule has 1 unspecified atom stereocenters. The molecule has 0 bridgehead atoms. The van der Waals surface area contributed by atoms with Gasteiger partial charge < -0.3 is 10.6 Å². The van der Waals surface area contributed by atoms with E-state index in [9.17, 15) is 14.9 Å². The number of carbonyl (C=O) groups is 1. The number of hydrogen-bond donors (Lipinski definition) is 2. The summed E-state index contributed by atoms with van der Waals surface area (Å²) in [6.07, 6.45) is 2.84.